The number of aromatic nitrogens is 3. The predicted octanol–water partition coefficient (Wildman–Crippen LogP) is 4.40. The van der Waals surface area contributed by atoms with Crippen LogP contribution in [0.2, 0.25) is 5.02 Å². The molecule has 0 aliphatic rings. The number of hydrogen-bond acceptors (Lipinski definition) is 3. The van der Waals surface area contributed by atoms with Gasteiger partial charge in [0.2, 0.25) is 5.91 Å². The molecule has 0 unspecified atom stereocenters. The van der Waals surface area contributed by atoms with E-state index in [4.69, 9.17) is 11.6 Å². The second-order valence-corrected chi connectivity index (χ2v) is 6.92. The standard InChI is InChI=1S/C17H16ClFN4O/c1-17(2,3)16(24)22-11-6-4-5-10(13(11)19)14-21-12-7-9(18)8-20-15(12)23-14/h4-8H,1-3H3,(H,22,24)(H,20,21,23). The number of nitrogens with zero attached hydrogens (tertiary/aromatic N) is 2. The number of aromatic amines is 1. The monoisotopic (exact) mass is 346 g/mol. The summed E-state index contributed by atoms with van der Waals surface area (Å²) in [5, 5.41) is 3.07. The fraction of sp³-hybridized carbons (Fsp3) is 0.235. The van der Waals surface area contributed by atoms with E-state index >= 15 is 0 Å². The van der Waals surface area contributed by atoms with E-state index in [0.717, 1.165) is 0 Å². The van der Waals surface area contributed by atoms with Gasteiger partial charge in [-0.3, -0.25) is 4.79 Å². The first-order valence-corrected chi connectivity index (χ1v) is 7.75. The molecule has 3 rings (SSSR count). The van der Waals surface area contributed by atoms with E-state index in [-0.39, 0.29) is 17.2 Å². The lowest BCUT2D eigenvalue weighted by molar-refractivity contribution is -0.123. The van der Waals surface area contributed by atoms with Crippen LogP contribution in [0.1, 0.15) is 20.8 Å². The maximum Gasteiger partial charge on any atom is 0.229 e. The van der Waals surface area contributed by atoms with Gasteiger partial charge in [-0.25, -0.2) is 14.4 Å². The molecule has 3 aromatic rings. The van der Waals surface area contributed by atoms with E-state index in [9.17, 15) is 9.18 Å². The number of nitrogens with one attached hydrogen (secondary N) is 2. The fourth-order valence-electron chi connectivity index (χ4n) is 2.12. The summed E-state index contributed by atoms with van der Waals surface area (Å²) in [6, 6.07) is 6.43. The van der Waals surface area contributed by atoms with Gasteiger partial charge in [0.15, 0.2) is 11.5 Å². The highest BCUT2D eigenvalue weighted by atomic mass is 35.5. The Bertz CT molecular complexity index is 930. The Kier molecular flexibility index (Phi) is 4.01. The van der Waals surface area contributed by atoms with Crippen molar-refractivity contribution < 1.29 is 9.18 Å². The molecule has 0 radical (unpaired) electrons. The van der Waals surface area contributed by atoms with E-state index in [1.165, 1.54) is 12.3 Å². The van der Waals surface area contributed by atoms with E-state index in [1.807, 2.05) is 0 Å². The maximum atomic E-state index is 14.8. The molecule has 2 N–H and O–H groups in total. The van der Waals surface area contributed by atoms with Gasteiger partial charge in [0.1, 0.15) is 5.82 Å². The Morgan fingerprint density at radius 3 is 2.79 bits per heavy atom. The van der Waals surface area contributed by atoms with E-state index in [0.29, 0.717) is 22.0 Å². The topological polar surface area (TPSA) is 70.7 Å². The summed E-state index contributed by atoms with van der Waals surface area (Å²) >= 11 is 5.90. The molecule has 0 saturated heterocycles. The van der Waals surface area contributed by atoms with Crippen molar-refractivity contribution in [3.8, 4) is 11.4 Å². The lowest BCUT2D eigenvalue weighted by atomic mass is 9.95. The summed E-state index contributed by atoms with van der Waals surface area (Å²) in [4.78, 5) is 23.4. The number of amides is 1. The highest BCUT2D eigenvalue weighted by Crippen LogP contribution is 2.28. The maximum absolute atomic E-state index is 14.8. The average molecular weight is 347 g/mol. The lowest BCUT2D eigenvalue weighted by Gasteiger charge is -2.18. The molecule has 1 aromatic carbocycles. The number of benzene rings is 1. The van der Waals surface area contributed by atoms with E-state index < -0.39 is 11.2 Å². The number of hydrogen-bond donors (Lipinski definition) is 2. The number of halogens is 2. The first-order chi connectivity index (χ1) is 11.3. The van der Waals surface area contributed by atoms with Gasteiger partial charge in [-0.05, 0) is 18.2 Å². The van der Waals surface area contributed by atoms with Gasteiger partial charge < -0.3 is 10.3 Å². The van der Waals surface area contributed by atoms with E-state index in [1.54, 1.807) is 39.0 Å². The van der Waals surface area contributed by atoms with Gasteiger partial charge in [-0.2, -0.15) is 0 Å². The number of carbonyl (C=O) groups excluding carboxylic acids is 1. The molecule has 0 saturated carbocycles. The first-order valence-electron chi connectivity index (χ1n) is 7.37. The second kappa shape index (κ2) is 5.87. The molecular weight excluding hydrogens is 331 g/mol. The van der Waals surface area contributed by atoms with Crippen molar-refractivity contribution in [2.75, 3.05) is 5.32 Å². The van der Waals surface area contributed by atoms with Crippen molar-refractivity contribution in [1.82, 2.24) is 15.0 Å². The number of anilines is 1. The van der Waals surface area contributed by atoms with Gasteiger partial charge in [0, 0.05) is 11.6 Å². The normalized spacial score (nSPS) is 11.7. The molecule has 124 valence electrons. The Labute approximate surface area is 143 Å². The van der Waals surface area contributed by atoms with Crippen LogP contribution in [0.5, 0.6) is 0 Å². The zero-order valence-corrected chi connectivity index (χ0v) is 14.2. The molecule has 24 heavy (non-hydrogen) atoms. The summed E-state index contributed by atoms with van der Waals surface area (Å²) in [6.07, 6.45) is 1.48. The third-order valence-corrected chi connectivity index (χ3v) is 3.69. The lowest BCUT2D eigenvalue weighted by Crippen LogP contribution is -2.28. The van der Waals surface area contributed by atoms with Crippen LogP contribution >= 0.6 is 11.6 Å². The van der Waals surface area contributed by atoms with Crippen LogP contribution in [-0.2, 0) is 4.79 Å². The quantitative estimate of drug-likeness (QED) is 0.722. The molecular formula is C17H16ClFN4O. The van der Waals surface area contributed by atoms with E-state index in [2.05, 4.69) is 20.3 Å². The van der Waals surface area contributed by atoms with Crippen molar-refractivity contribution >= 4 is 34.4 Å². The number of H-pyrrole nitrogens is 1. The Balaban J connectivity index is 2.02. The van der Waals surface area contributed by atoms with Crippen LogP contribution in [0.15, 0.2) is 30.5 Å². The molecule has 0 atom stereocenters. The second-order valence-electron chi connectivity index (χ2n) is 6.48. The average Bonchev–Trinajstić information content (AvgIpc) is 2.91. The summed E-state index contributed by atoms with van der Waals surface area (Å²) in [6.45, 7) is 5.29. The van der Waals surface area contributed by atoms with Gasteiger partial charge in [-0.1, -0.05) is 38.4 Å². The number of carbonyl (C=O) groups is 1. The zero-order valence-electron chi connectivity index (χ0n) is 13.4. The van der Waals surface area contributed by atoms with Crippen LogP contribution in [0.4, 0.5) is 10.1 Å². The summed E-state index contributed by atoms with van der Waals surface area (Å²) in [7, 11) is 0. The van der Waals surface area contributed by atoms with Crippen molar-refractivity contribution in [1.29, 1.82) is 0 Å². The fourth-order valence-corrected chi connectivity index (χ4v) is 2.28. The molecule has 0 spiro atoms. The highest BCUT2D eigenvalue weighted by molar-refractivity contribution is 6.31. The number of rotatable bonds is 2. The largest absolute Gasteiger partial charge is 0.336 e. The Morgan fingerprint density at radius 1 is 1.33 bits per heavy atom. The van der Waals surface area contributed by atoms with Crippen LogP contribution in [0.25, 0.3) is 22.6 Å². The zero-order chi connectivity index (χ0) is 17.5. The summed E-state index contributed by atoms with van der Waals surface area (Å²) in [5.74, 6) is -0.499. The van der Waals surface area contributed by atoms with Crippen molar-refractivity contribution in [2.45, 2.75) is 20.8 Å². The third-order valence-electron chi connectivity index (χ3n) is 3.49. The SMILES string of the molecule is CC(C)(C)C(=O)Nc1cccc(-c2nc3ncc(Cl)cc3[nH]2)c1F. The van der Waals surface area contributed by atoms with Crippen LogP contribution < -0.4 is 5.32 Å². The van der Waals surface area contributed by atoms with Crippen molar-refractivity contribution in [3.05, 3.63) is 41.3 Å². The summed E-state index contributed by atoms with van der Waals surface area (Å²) < 4.78 is 14.8. The Morgan fingerprint density at radius 2 is 2.08 bits per heavy atom. The number of imidazole rings is 1. The molecule has 0 aliphatic heterocycles. The van der Waals surface area contributed by atoms with Gasteiger partial charge in [0.05, 0.1) is 21.8 Å². The molecule has 0 bridgehead atoms. The van der Waals surface area contributed by atoms with Crippen molar-refractivity contribution in [2.24, 2.45) is 5.41 Å². The minimum atomic E-state index is -0.623. The molecule has 7 heteroatoms. The molecule has 0 fully saturated rings. The van der Waals surface area contributed by atoms with Crippen LogP contribution in [-0.4, -0.2) is 20.9 Å². The number of fused-ring (bicyclic) bond motifs is 1. The summed E-state index contributed by atoms with van der Waals surface area (Å²) in [5.41, 5.74) is 0.788. The van der Waals surface area contributed by atoms with Gasteiger partial charge >= 0.3 is 0 Å². The van der Waals surface area contributed by atoms with Crippen LogP contribution in [0.3, 0.4) is 0 Å². The third kappa shape index (κ3) is 3.10. The first kappa shape index (κ1) is 16.4. The highest BCUT2D eigenvalue weighted by Gasteiger charge is 2.23. The minimum Gasteiger partial charge on any atom is -0.336 e. The predicted molar refractivity (Wildman–Crippen MR) is 92.4 cm³/mol. The van der Waals surface area contributed by atoms with Crippen molar-refractivity contribution in [3.63, 3.8) is 0 Å². The molecule has 0 aliphatic carbocycles. The smallest absolute Gasteiger partial charge is 0.229 e. The molecule has 1 amide bonds. The molecule has 2 heterocycles. The Hall–Kier alpha value is -2.47. The molecule has 5 nitrogen and oxygen atoms in total. The molecule has 2 aromatic heterocycles. The van der Waals surface area contributed by atoms with Gasteiger partial charge in [0.25, 0.3) is 0 Å². The number of pyridine rings is 1. The van der Waals surface area contributed by atoms with Gasteiger partial charge in [-0.15, -0.1) is 0 Å². The van der Waals surface area contributed by atoms with Crippen LogP contribution in [0, 0.1) is 11.2 Å². The minimum absolute atomic E-state index is 0.110.